The summed E-state index contributed by atoms with van der Waals surface area (Å²) in [5.41, 5.74) is 11.4. The summed E-state index contributed by atoms with van der Waals surface area (Å²) < 4.78 is 2.04. The molecule has 13 heteroatoms. The van der Waals surface area contributed by atoms with Crippen molar-refractivity contribution in [2.75, 3.05) is 102 Å². The van der Waals surface area contributed by atoms with E-state index in [0.717, 1.165) is 51.8 Å². The Hall–Kier alpha value is -3.64. The number of anilines is 6. The maximum atomic E-state index is 6.02. The molecule has 0 saturated carbocycles. The number of hydrogen-bond donors (Lipinski definition) is 3. The summed E-state index contributed by atoms with van der Waals surface area (Å²) in [6.45, 7) is 24.0. The Morgan fingerprint density at radius 2 is 0.573 bits per heavy atom. The highest BCUT2D eigenvalue weighted by Gasteiger charge is 2.06. The monoisotopic (exact) mass is 1250 g/mol. The predicted molar refractivity (Wildman–Crippen MR) is 368 cm³/mol. The molecule has 0 aliphatic heterocycles. The second kappa shape index (κ2) is 68.4. The summed E-state index contributed by atoms with van der Waals surface area (Å²) in [4.78, 5) is 8.32. The number of nitrogens with one attached hydrogen (secondary N) is 2. The molecule has 0 bridgehead atoms. The van der Waals surface area contributed by atoms with E-state index in [1.807, 2.05) is 268 Å². The standard InChI is InChI=1S/C15H17ClN2.C9H14N2.C8H10ClN.2C6H4BrCl.C2H7N.6C2H6.CH5N.3CH4/c1-17(2)13-7-5-9-15(11-13)18(3)14-8-4-6-12(16)10-14;1-10-8-5-4-6-9(7-8)11(2)3;1-10(2)8-5-3-4-7(9)6-8;2*7-5-2-1-3-6(8)4-5;1-3-2;7*1-2;;;/h4-11H,1-3H3;4-7,10H,1-3H3;3-6H,1-2H3;2*1-4H;3H,1-2H3;6*1-2H3;2H2,1H3;3*1H4. The van der Waals surface area contributed by atoms with E-state index in [1.165, 1.54) is 18.4 Å². The fourth-order valence-corrected chi connectivity index (χ4v) is 6.24. The Bertz CT molecular complexity index is 1960. The molecule has 75 heavy (non-hydrogen) atoms. The van der Waals surface area contributed by atoms with Crippen LogP contribution in [0.5, 0.6) is 0 Å². The number of halogens is 6. The molecule has 7 nitrogen and oxygen atoms in total. The fraction of sp³-hybridized carbons (Fsp3) is 0.419. The highest BCUT2D eigenvalue weighted by molar-refractivity contribution is 9.10. The third-order valence-electron chi connectivity index (χ3n) is 7.48. The molecule has 6 aromatic rings. The van der Waals surface area contributed by atoms with Crippen molar-refractivity contribution in [1.82, 2.24) is 5.32 Å². The van der Waals surface area contributed by atoms with Gasteiger partial charge in [0.15, 0.2) is 0 Å². The zero-order valence-corrected chi connectivity index (χ0v) is 54.7. The third kappa shape index (κ3) is 53.5. The van der Waals surface area contributed by atoms with E-state index in [-0.39, 0.29) is 22.3 Å². The molecule has 0 fully saturated rings. The molecule has 0 aliphatic rings. The van der Waals surface area contributed by atoms with E-state index in [1.54, 1.807) is 0 Å². The molecular weight excluding hydrogens is 1140 g/mol. The van der Waals surface area contributed by atoms with Gasteiger partial charge in [-0.3, -0.25) is 0 Å². The Balaban J connectivity index is -0.0000000830. The molecule has 434 valence electrons. The van der Waals surface area contributed by atoms with Gasteiger partial charge in [-0.2, -0.15) is 0 Å². The van der Waals surface area contributed by atoms with Crippen LogP contribution in [0.15, 0.2) is 155 Å². The van der Waals surface area contributed by atoms with Gasteiger partial charge in [-0.1, -0.05) is 220 Å². The molecule has 0 spiro atoms. The first-order valence-electron chi connectivity index (χ1n) is 24.6. The van der Waals surface area contributed by atoms with Crippen molar-refractivity contribution in [3.63, 3.8) is 0 Å². The number of benzene rings is 6. The van der Waals surface area contributed by atoms with Crippen LogP contribution in [-0.4, -0.2) is 77.5 Å². The van der Waals surface area contributed by atoms with Gasteiger partial charge in [-0.25, -0.2) is 0 Å². The lowest BCUT2D eigenvalue weighted by molar-refractivity contribution is 1.02. The second-order valence-corrected chi connectivity index (χ2v) is 16.5. The smallest absolute Gasteiger partial charge is 0.0428 e. The molecule has 6 aromatic carbocycles. The Kier molecular flexibility index (Phi) is 85.5. The first-order valence-corrected chi connectivity index (χ1v) is 27.7. The molecule has 0 unspecified atom stereocenters. The van der Waals surface area contributed by atoms with Crippen LogP contribution >= 0.6 is 78.3 Å². The minimum atomic E-state index is 0. The number of nitrogens with zero attached hydrogens (tertiary/aromatic N) is 4. The van der Waals surface area contributed by atoms with Crippen LogP contribution in [0.4, 0.5) is 34.1 Å². The minimum Gasteiger partial charge on any atom is -0.388 e. The van der Waals surface area contributed by atoms with Gasteiger partial charge in [0, 0.05) is 120 Å². The van der Waals surface area contributed by atoms with Crippen LogP contribution in [0.2, 0.25) is 20.1 Å². The van der Waals surface area contributed by atoms with E-state index in [9.17, 15) is 0 Å². The van der Waals surface area contributed by atoms with E-state index in [0.29, 0.717) is 0 Å². The van der Waals surface area contributed by atoms with Crippen molar-refractivity contribution in [1.29, 1.82) is 0 Å². The van der Waals surface area contributed by atoms with Crippen LogP contribution < -0.4 is 36.0 Å². The highest BCUT2D eigenvalue weighted by atomic mass is 79.9. The molecule has 6 rings (SSSR count). The van der Waals surface area contributed by atoms with E-state index in [4.69, 9.17) is 46.4 Å². The maximum Gasteiger partial charge on any atom is 0.0428 e. The van der Waals surface area contributed by atoms with Gasteiger partial charge in [0.1, 0.15) is 0 Å². The third-order valence-corrected chi connectivity index (χ3v) is 9.40. The fourth-order valence-electron chi connectivity index (χ4n) is 4.43. The Morgan fingerprint density at radius 1 is 0.347 bits per heavy atom. The van der Waals surface area contributed by atoms with Gasteiger partial charge in [0.05, 0.1) is 0 Å². The van der Waals surface area contributed by atoms with Crippen molar-refractivity contribution in [3.05, 3.63) is 175 Å². The predicted octanol–water partition coefficient (Wildman–Crippen LogP) is 22.1. The van der Waals surface area contributed by atoms with Crippen molar-refractivity contribution < 1.29 is 0 Å². The molecule has 0 aromatic heterocycles. The Morgan fingerprint density at radius 3 is 0.827 bits per heavy atom. The average Bonchev–Trinajstić information content (AvgIpc) is 3.41. The van der Waals surface area contributed by atoms with Crippen molar-refractivity contribution in [2.24, 2.45) is 5.73 Å². The molecule has 0 saturated heterocycles. The molecule has 4 N–H and O–H groups in total. The first-order chi connectivity index (χ1) is 34.5. The number of hydrogen-bond acceptors (Lipinski definition) is 7. The molecule has 0 radical (unpaired) electrons. The summed E-state index contributed by atoms with van der Waals surface area (Å²) in [7, 11) is 21.4. The van der Waals surface area contributed by atoms with E-state index >= 15 is 0 Å². The summed E-state index contributed by atoms with van der Waals surface area (Å²) in [5.74, 6) is 0. The van der Waals surface area contributed by atoms with Crippen LogP contribution in [0.25, 0.3) is 0 Å². The largest absolute Gasteiger partial charge is 0.388 e. The number of nitrogens with two attached hydrogens (primary N) is 1. The van der Waals surface area contributed by atoms with Crippen LogP contribution in [0, 0.1) is 0 Å². The average molecular weight is 1250 g/mol. The number of rotatable bonds is 6. The van der Waals surface area contributed by atoms with Gasteiger partial charge in [0.2, 0.25) is 0 Å². The zero-order chi connectivity index (χ0) is 57.6. The lowest BCUT2D eigenvalue weighted by atomic mass is 10.2. The first kappa shape index (κ1) is 93.8. The van der Waals surface area contributed by atoms with Crippen LogP contribution in [0.1, 0.15) is 105 Å². The summed E-state index contributed by atoms with van der Waals surface area (Å²) in [5, 5.41) is 8.91. The van der Waals surface area contributed by atoms with Gasteiger partial charge in [-0.05, 0) is 130 Å². The Labute approximate surface area is 502 Å². The van der Waals surface area contributed by atoms with E-state index in [2.05, 4.69) is 99.3 Å². The quantitative estimate of drug-likeness (QED) is 0.154. The SMILES string of the molecule is C.C.C.CC.CC.CC.CC.CC.CC.CN.CN(C)c1cccc(Cl)c1.CN(C)c1cccc(N(C)c2cccc(Cl)c2)c1.CNC.CNc1cccc(N(C)C)c1.Clc1cccc(Br)c1.Clc1cccc(Br)c1. The molecular formula is C62H109Br2Cl4N7. The van der Waals surface area contributed by atoms with Crippen molar-refractivity contribution in [3.8, 4) is 0 Å². The minimum absolute atomic E-state index is 0. The van der Waals surface area contributed by atoms with E-state index < -0.39 is 0 Å². The molecule has 0 atom stereocenters. The van der Waals surface area contributed by atoms with Gasteiger partial charge in [0.25, 0.3) is 0 Å². The normalized spacial score (nSPS) is 7.87. The van der Waals surface area contributed by atoms with Crippen molar-refractivity contribution >= 4 is 112 Å². The van der Waals surface area contributed by atoms with Crippen molar-refractivity contribution in [2.45, 2.75) is 105 Å². The van der Waals surface area contributed by atoms with Crippen LogP contribution in [0.3, 0.4) is 0 Å². The molecule has 0 heterocycles. The molecule has 0 amide bonds. The lowest BCUT2D eigenvalue weighted by Crippen LogP contribution is -2.12. The maximum absolute atomic E-state index is 6.02. The van der Waals surface area contributed by atoms with Gasteiger partial charge in [-0.15, -0.1) is 0 Å². The summed E-state index contributed by atoms with van der Waals surface area (Å²) in [6.07, 6.45) is 0. The van der Waals surface area contributed by atoms with Gasteiger partial charge < -0.3 is 36.0 Å². The lowest BCUT2D eigenvalue weighted by Gasteiger charge is -2.22. The van der Waals surface area contributed by atoms with Crippen LogP contribution in [-0.2, 0) is 0 Å². The summed E-state index contributed by atoms with van der Waals surface area (Å²) >= 11 is 29.6. The second-order valence-electron chi connectivity index (χ2n) is 12.9. The van der Waals surface area contributed by atoms with Gasteiger partial charge >= 0.3 is 0 Å². The highest BCUT2D eigenvalue weighted by Crippen LogP contribution is 2.28. The topological polar surface area (TPSA) is 63.0 Å². The molecule has 0 aliphatic carbocycles. The zero-order valence-electron chi connectivity index (χ0n) is 48.5. The summed E-state index contributed by atoms with van der Waals surface area (Å²) in [6, 6.07) is 47.3.